The van der Waals surface area contributed by atoms with Crippen molar-refractivity contribution < 1.29 is 25.6 Å². The molecule has 0 radical (unpaired) electrons. The van der Waals surface area contributed by atoms with Crippen molar-refractivity contribution in [2.75, 3.05) is 11.5 Å². The van der Waals surface area contributed by atoms with E-state index in [1.807, 2.05) is 0 Å². The van der Waals surface area contributed by atoms with Gasteiger partial charge < -0.3 is 4.42 Å². The molecular formula is C15H15ClFNO5S2. The number of hydrogen-bond donors (Lipinski definition) is 0. The third kappa shape index (κ3) is 3.89. The van der Waals surface area contributed by atoms with Crippen molar-refractivity contribution in [1.29, 1.82) is 0 Å². The van der Waals surface area contributed by atoms with Crippen LogP contribution in [0.4, 0.5) is 4.39 Å². The van der Waals surface area contributed by atoms with Gasteiger partial charge in [0.25, 0.3) is 0 Å². The van der Waals surface area contributed by atoms with Crippen molar-refractivity contribution in [3.63, 3.8) is 0 Å². The summed E-state index contributed by atoms with van der Waals surface area (Å²) in [4.78, 5) is -0.199. The van der Waals surface area contributed by atoms with Crippen LogP contribution in [-0.4, -0.2) is 38.7 Å². The molecule has 2 aromatic rings. The van der Waals surface area contributed by atoms with E-state index in [4.69, 9.17) is 16.0 Å². The van der Waals surface area contributed by atoms with Crippen LogP contribution < -0.4 is 0 Å². The number of hydrogen-bond acceptors (Lipinski definition) is 5. The fraction of sp³-hybridized carbons (Fsp3) is 0.333. The van der Waals surface area contributed by atoms with Gasteiger partial charge >= 0.3 is 0 Å². The lowest BCUT2D eigenvalue weighted by Crippen LogP contribution is -2.40. The number of benzene rings is 1. The minimum atomic E-state index is -4.09. The van der Waals surface area contributed by atoms with Gasteiger partial charge in [-0.05, 0) is 36.8 Å². The summed E-state index contributed by atoms with van der Waals surface area (Å²) in [5.74, 6) is -0.698. The Bertz CT molecular complexity index is 973. The zero-order valence-corrected chi connectivity index (χ0v) is 15.3. The molecule has 0 spiro atoms. The van der Waals surface area contributed by atoms with Crippen molar-refractivity contribution in [3.05, 3.63) is 53.2 Å². The van der Waals surface area contributed by atoms with Crippen LogP contribution in [0.5, 0.6) is 0 Å². The van der Waals surface area contributed by atoms with E-state index in [9.17, 15) is 21.2 Å². The zero-order valence-electron chi connectivity index (χ0n) is 12.9. The lowest BCUT2D eigenvalue weighted by Gasteiger charge is -2.26. The number of furan rings is 1. The molecule has 0 saturated carbocycles. The van der Waals surface area contributed by atoms with Crippen LogP contribution in [0.1, 0.15) is 12.2 Å². The van der Waals surface area contributed by atoms with E-state index < -0.39 is 31.7 Å². The maximum Gasteiger partial charge on any atom is 0.243 e. The number of nitrogens with zero attached hydrogens (tertiary/aromatic N) is 1. The summed E-state index contributed by atoms with van der Waals surface area (Å²) < 4.78 is 69.3. The van der Waals surface area contributed by atoms with Crippen LogP contribution in [0.25, 0.3) is 0 Å². The molecular weight excluding hydrogens is 393 g/mol. The Hall–Kier alpha value is -1.42. The Morgan fingerprint density at radius 1 is 1.32 bits per heavy atom. The normalized spacial score (nSPS) is 20.2. The van der Waals surface area contributed by atoms with E-state index in [1.54, 1.807) is 12.1 Å². The van der Waals surface area contributed by atoms with Crippen molar-refractivity contribution in [2.24, 2.45) is 0 Å². The van der Waals surface area contributed by atoms with Crippen molar-refractivity contribution in [2.45, 2.75) is 23.9 Å². The van der Waals surface area contributed by atoms with E-state index in [0.717, 1.165) is 22.5 Å². The second kappa shape index (κ2) is 6.71. The first-order valence-electron chi connectivity index (χ1n) is 7.39. The Kier molecular flexibility index (Phi) is 4.93. The summed E-state index contributed by atoms with van der Waals surface area (Å²) in [6.45, 7) is -0.121. The van der Waals surface area contributed by atoms with Crippen LogP contribution >= 0.6 is 11.6 Å². The largest absolute Gasteiger partial charge is 0.468 e. The molecule has 25 heavy (non-hydrogen) atoms. The second-order valence-electron chi connectivity index (χ2n) is 5.76. The summed E-state index contributed by atoms with van der Waals surface area (Å²) >= 11 is 5.70. The fourth-order valence-electron chi connectivity index (χ4n) is 2.74. The molecule has 1 saturated heterocycles. The molecule has 2 heterocycles. The molecule has 0 N–H and O–H groups in total. The second-order valence-corrected chi connectivity index (χ2v) is 10.3. The van der Waals surface area contributed by atoms with Gasteiger partial charge in [0.2, 0.25) is 10.0 Å². The standard InChI is InChI=1S/C15H15ClFNO5S2/c16-14-8-13(3-4-15(14)17)25(21,22)18(9-12-2-1-6-23-12)11-5-7-24(19,20)10-11/h1-4,6,8,11H,5,7,9-10H2/t11-/m0/s1. The van der Waals surface area contributed by atoms with Crippen LogP contribution in [0, 0.1) is 5.82 Å². The van der Waals surface area contributed by atoms with Crippen molar-refractivity contribution >= 4 is 31.5 Å². The molecule has 0 bridgehead atoms. The van der Waals surface area contributed by atoms with Gasteiger partial charge in [0.15, 0.2) is 9.84 Å². The molecule has 10 heteroatoms. The average Bonchev–Trinajstić information content (AvgIpc) is 3.16. The van der Waals surface area contributed by atoms with Crippen LogP contribution in [0.2, 0.25) is 5.02 Å². The first-order valence-corrected chi connectivity index (χ1v) is 11.0. The summed E-state index contributed by atoms with van der Waals surface area (Å²) in [6.07, 6.45) is 1.59. The zero-order chi connectivity index (χ0) is 18.2. The Morgan fingerprint density at radius 2 is 2.08 bits per heavy atom. The van der Waals surface area contributed by atoms with E-state index >= 15 is 0 Å². The third-order valence-electron chi connectivity index (χ3n) is 4.01. The monoisotopic (exact) mass is 407 g/mol. The van der Waals surface area contributed by atoms with Crippen molar-refractivity contribution in [1.82, 2.24) is 4.31 Å². The maximum absolute atomic E-state index is 13.4. The predicted molar refractivity (Wildman–Crippen MR) is 89.9 cm³/mol. The first-order chi connectivity index (χ1) is 11.7. The van der Waals surface area contributed by atoms with Crippen LogP contribution in [-0.2, 0) is 26.4 Å². The molecule has 1 aromatic heterocycles. The van der Waals surface area contributed by atoms with Crippen LogP contribution in [0.3, 0.4) is 0 Å². The van der Waals surface area contributed by atoms with Gasteiger partial charge in [0.1, 0.15) is 11.6 Å². The van der Waals surface area contributed by atoms with Gasteiger partial charge in [-0.25, -0.2) is 21.2 Å². The highest BCUT2D eigenvalue weighted by molar-refractivity contribution is 7.92. The Labute approximate surface area is 150 Å². The van der Waals surface area contributed by atoms with E-state index in [0.29, 0.717) is 5.76 Å². The molecule has 1 fully saturated rings. The summed E-state index contributed by atoms with van der Waals surface area (Å²) in [7, 11) is -7.39. The number of sulfone groups is 1. The summed E-state index contributed by atoms with van der Waals surface area (Å²) in [5.41, 5.74) is 0. The SMILES string of the molecule is O=S1(=O)CC[C@H](N(Cc2ccco2)S(=O)(=O)c2ccc(F)c(Cl)c2)C1. The summed E-state index contributed by atoms with van der Waals surface area (Å²) in [6, 6.07) is 5.58. The molecule has 1 atom stereocenters. The molecule has 1 aliphatic rings. The number of rotatable bonds is 5. The molecule has 1 aromatic carbocycles. The number of halogens is 2. The highest BCUT2D eigenvalue weighted by atomic mass is 35.5. The lowest BCUT2D eigenvalue weighted by molar-refractivity contribution is 0.307. The number of sulfonamides is 1. The van der Waals surface area contributed by atoms with Gasteiger partial charge in [-0.3, -0.25) is 0 Å². The van der Waals surface area contributed by atoms with Gasteiger partial charge in [0.05, 0.1) is 34.2 Å². The first kappa shape index (κ1) is 18.4. The van der Waals surface area contributed by atoms with Gasteiger partial charge in [-0.2, -0.15) is 4.31 Å². The average molecular weight is 408 g/mol. The molecule has 0 amide bonds. The Morgan fingerprint density at radius 3 is 2.64 bits per heavy atom. The van der Waals surface area contributed by atoms with Gasteiger partial charge in [0, 0.05) is 6.04 Å². The Balaban J connectivity index is 2.01. The van der Waals surface area contributed by atoms with Crippen molar-refractivity contribution in [3.8, 4) is 0 Å². The molecule has 0 unspecified atom stereocenters. The lowest BCUT2D eigenvalue weighted by atomic mass is 10.2. The minimum Gasteiger partial charge on any atom is -0.468 e. The third-order valence-corrected chi connectivity index (χ3v) is 7.94. The molecule has 1 aliphatic heterocycles. The smallest absolute Gasteiger partial charge is 0.243 e. The predicted octanol–water partition coefficient (Wildman–Crippen LogP) is 2.45. The van der Waals surface area contributed by atoms with Gasteiger partial charge in [-0.1, -0.05) is 11.6 Å². The van der Waals surface area contributed by atoms with Gasteiger partial charge in [-0.15, -0.1) is 0 Å². The quantitative estimate of drug-likeness (QED) is 0.760. The van der Waals surface area contributed by atoms with E-state index in [1.165, 1.54) is 6.26 Å². The maximum atomic E-state index is 13.4. The highest BCUT2D eigenvalue weighted by Gasteiger charge is 2.39. The highest BCUT2D eigenvalue weighted by Crippen LogP contribution is 2.29. The molecule has 6 nitrogen and oxygen atoms in total. The van der Waals surface area contributed by atoms with E-state index in [-0.39, 0.29) is 34.4 Å². The summed E-state index contributed by atoms with van der Waals surface area (Å²) in [5, 5.41) is -0.321. The minimum absolute atomic E-state index is 0.0774. The van der Waals surface area contributed by atoms with E-state index in [2.05, 4.69) is 0 Å². The fourth-order valence-corrected chi connectivity index (χ4v) is 6.46. The molecule has 0 aliphatic carbocycles. The topological polar surface area (TPSA) is 84.7 Å². The van der Waals surface area contributed by atoms with Crippen LogP contribution in [0.15, 0.2) is 45.9 Å². The molecule has 136 valence electrons. The molecule has 3 rings (SSSR count).